The van der Waals surface area contributed by atoms with Crippen LogP contribution in [0.2, 0.25) is 0 Å². The largest absolute Gasteiger partial charge is 0.508 e. The topological polar surface area (TPSA) is 59.4 Å². The number of Topliss-reactive ketones (excluding diaryl/α,β-unsaturated/α-hetero) is 1. The molecule has 0 bridgehead atoms. The van der Waals surface area contributed by atoms with Gasteiger partial charge in [-0.25, -0.2) is 4.98 Å². The SMILES string of the molecule is Cc1sc(C2=Cc3ccc(O)cc3OCC2=O)nc1C1=CCCC(C)C=C1. The van der Waals surface area contributed by atoms with Crippen LogP contribution in [-0.4, -0.2) is 22.5 Å². The van der Waals surface area contributed by atoms with Crippen LogP contribution in [0.1, 0.15) is 40.9 Å². The number of phenolic OH excluding ortho intramolecular Hbond substituents is 1. The van der Waals surface area contributed by atoms with Crippen molar-refractivity contribution in [3.63, 3.8) is 0 Å². The summed E-state index contributed by atoms with van der Waals surface area (Å²) in [7, 11) is 0. The van der Waals surface area contributed by atoms with Crippen molar-refractivity contribution < 1.29 is 14.6 Å². The number of carbonyl (C=O) groups excluding carboxylic acids is 1. The van der Waals surface area contributed by atoms with E-state index in [1.54, 1.807) is 12.1 Å². The molecule has 1 atom stereocenters. The summed E-state index contributed by atoms with van der Waals surface area (Å²) in [6.45, 7) is 4.21. The Labute approximate surface area is 162 Å². The molecule has 0 radical (unpaired) electrons. The molecule has 0 saturated carbocycles. The minimum Gasteiger partial charge on any atom is -0.508 e. The number of aromatic nitrogens is 1. The Hall–Kier alpha value is -2.66. The van der Waals surface area contributed by atoms with Gasteiger partial charge in [0.1, 0.15) is 16.5 Å². The van der Waals surface area contributed by atoms with E-state index in [9.17, 15) is 9.90 Å². The Balaban J connectivity index is 1.75. The number of fused-ring (bicyclic) bond motifs is 1. The monoisotopic (exact) mass is 379 g/mol. The van der Waals surface area contributed by atoms with Gasteiger partial charge in [0.05, 0.1) is 11.3 Å². The average molecular weight is 379 g/mol. The van der Waals surface area contributed by atoms with Crippen LogP contribution in [0.15, 0.2) is 36.4 Å². The van der Waals surface area contributed by atoms with Crippen molar-refractivity contribution in [2.75, 3.05) is 6.61 Å². The number of nitrogens with zero attached hydrogens (tertiary/aromatic N) is 1. The summed E-state index contributed by atoms with van der Waals surface area (Å²) in [4.78, 5) is 18.6. The third-order valence-electron chi connectivity index (χ3n) is 4.85. The number of hydrogen-bond acceptors (Lipinski definition) is 5. The number of benzene rings is 1. The first-order valence-corrected chi connectivity index (χ1v) is 9.90. The van der Waals surface area contributed by atoms with Crippen molar-refractivity contribution in [2.24, 2.45) is 5.92 Å². The molecule has 2 aliphatic rings. The maximum Gasteiger partial charge on any atom is 0.203 e. The molecule has 5 heteroatoms. The summed E-state index contributed by atoms with van der Waals surface area (Å²) in [6, 6.07) is 4.87. The number of aromatic hydroxyl groups is 1. The number of hydrogen-bond donors (Lipinski definition) is 1. The van der Waals surface area contributed by atoms with Gasteiger partial charge < -0.3 is 9.84 Å². The average Bonchev–Trinajstić information content (AvgIpc) is 2.79. The van der Waals surface area contributed by atoms with Gasteiger partial charge in [0, 0.05) is 16.5 Å². The molecule has 0 saturated heterocycles. The minimum atomic E-state index is -0.106. The number of ether oxygens (including phenoxy) is 1. The predicted octanol–water partition coefficient (Wildman–Crippen LogP) is 5.03. The van der Waals surface area contributed by atoms with Gasteiger partial charge in [-0.05, 0) is 49.5 Å². The van der Waals surface area contributed by atoms with Gasteiger partial charge in [-0.2, -0.15) is 0 Å². The highest BCUT2D eigenvalue weighted by molar-refractivity contribution is 7.13. The molecule has 0 amide bonds. The fraction of sp³-hybridized carbons (Fsp3) is 0.273. The molecule has 27 heavy (non-hydrogen) atoms. The molecule has 4 rings (SSSR count). The first kappa shape index (κ1) is 17.7. The van der Waals surface area contributed by atoms with E-state index in [4.69, 9.17) is 9.72 Å². The standard InChI is InChI=1S/C22H21NO3S/c1-13-4-3-5-15(7-6-13)21-14(2)27-22(23-21)18-10-16-8-9-17(24)11-20(16)26-12-19(18)25/h5-11,13,24H,3-4,12H2,1-2H3. The van der Waals surface area contributed by atoms with Gasteiger partial charge in [-0.3, -0.25) is 4.79 Å². The fourth-order valence-corrected chi connectivity index (χ4v) is 4.26. The van der Waals surface area contributed by atoms with Gasteiger partial charge in [0.15, 0.2) is 6.61 Å². The van der Waals surface area contributed by atoms with Crippen LogP contribution in [0, 0.1) is 12.8 Å². The Kier molecular flexibility index (Phi) is 4.70. The maximum absolute atomic E-state index is 12.6. The summed E-state index contributed by atoms with van der Waals surface area (Å²) < 4.78 is 5.57. The van der Waals surface area contributed by atoms with Crippen molar-refractivity contribution in [1.82, 2.24) is 4.98 Å². The van der Waals surface area contributed by atoms with E-state index in [2.05, 4.69) is 25.2 Å². The Morgan fingerprint density at radius 3 is 3.04 bits per heavy atom. The second-order valence-corrected chi connectivity index (χ2v) is 8.19. The highest BCUT2D eigenvalue weighted by atomic mass is 32.1. The molecule has 1 aliphatic heterocycles. The summed E-state index contributed by atoms with van der Waals surface area (Å²) in [6.07, 6.45) is 10.6. The first-order chi connectivity index (χ1) is 13.0. The van der Waals surface area contributed by atoms with Crippen LogP contribution in [0.4, 0.5) is 0 Å². The molecule has 0 spiro atoms. The van der Waals surface area contributed by atoms with Gasteiger partial charge >= 0.3 is 0 Å². The third kappa shape index (κ3) is 3.60. The highest BCUT2D eigenvalue weighted by Gasteiger charge is 2.23. The Morgan fingerprint density at radius 2 is 2.19 bits per heavy atom. The van der Waals surface area contributed by atoms with Crippen molar-refractivity contribution in [1.29, 1.82) is 0 Å². The van der Waals surface area contributed by atoms with Gasteiger partial charge in [-0.15, -0.1) is 11.3 Å². The second-order valence-electron chi connectivity index (χ2n) is 6.99. The lowest BCUT2D eigenvalue weighted by Gasteiger charge is -2.04. The zero-order valence-corrected chi connectivity index (χ0v) is 16.2. The van der Waals surface area contributed by atoms with E-state index in [0.717, 1.165) is 34.5 Å². The number of phenols is 1. The molecule has 1 N–H and O–H groups in total. The zero-order chi connectivity index (χ0) is 19.0. The highest BCUT2D eigenvalue weighted by Crippen LogP contribution is 2.35. The molecule has 1 aromatic heterocycles. The van der Waals surface area contributed by atoms with E-state index in [-0.39, 0.29) is 18.1 Å². The number of aryl methyl sites for hydroxylation is 1. The lowest BCUT2D eigenvalue weighted by molar-refractivity contribution is -0.115. The van der Waals surface area contributed by atoms with E-state index in [1.165, 1.54) is 17.4 Å². The number of ketones is 1. The van der Waals surface area contributed by atoms with E-state index < -0.39 is 0 Å². The fourth-order valence-electron chi connectivity index (χ4n) is 3.29. The van der Waals surface area contributed by atoms with Crippen LogP contribution in [0.3, 0.4) is 0 Å². The molecule has 0 fully saturated rings. The summed E-state index contributed by atoms with van der Waals surface area (Å²) >= 11 is 1.53. The molecule has 2 aromatic rings. The molecule has 4 nitrogen and oxygen atoms in total. The molecule has 1 aliphatic carbocycles. The van der Waals surface area contributed by atoms with Crippen LogP contribution in [0.25, 0.3) is 17.2 Å². The van der Waals surface area contributed by atoms with E-state index in [1.807, 2.05) is 13.0 Å². The van der Waals surface area contributed by atoms with Crippen molar-refractivity contribution >= 4 is 34.3 Å². The molecular weight excluding hydrogens is 358 g/mol. The minimum absolute atomic E-state index is 0.0592. The van der Waals surface area contributed by atoms with Crippen LogP contribution < -0.4 is 4.74 Å². The van der Waals surface area contributed by atoms with Gasteiger partial charge in [0.25, 0.3) is 0 Å². The molecular formula is C22H21NO3S. The van der Waals surface area contributed by atoms with E-state index >= 15 is 0 Å². The molecule has 2 heterocycles. The molecule has 1 aromatic carbocycles. The van der Waals surface area contributed by atoms with Gasteiger partial charge in [0.2, 0.25) is 5.78 Å². The predicted molar refractivity (Wildman–Crippen MR) is 109 cm³/mol. The van der Waals surface area contributed by atoms with Crippen molar-refractivity contribution in [2.45, 2.75) is 26.7 Å². The number of rotatable bonds is 2. The van der Waals surface area contributed by atoms with E-state index in [0.29, 0.717) is 22.2 Å². The Morgan fingerprint density at radius 1 is 1.33 bits per heavy atom. The van der Waals surface area contributed by atoms with Crippen LogP contribution in [-0.2, 0) is 4.79 Å². The smallest absolute Gasteiger partial charge is 0.203 e. The number of carbonyl (C=O) groups is 1. The van der Waals surface area contributed by atoms with Crippen molar-refractivity contribution in [3.8, 4) is 11.5 Å². The summed E-state index contributed by atoms with van der Waals surface area (Å²) in [5, 5.41) is 10.4. The van der Waals surface area contributed by atoms with Gasteiger partial charge in [-0.1, -0.05) is 25.2 Å². The normalized spacial score (nSPS) is 19.5. The summed E-state index contributed by atoms with van der Waals surface area (Å²) in [5.41, 5.74) is 3.41. The maximum atomic E-state index is 12.6. The lowest BCUT2D eigenvalue weighted by Crippen LogP contribution is -2.11. The zero-order valence-electron chi connectivity index (χ0n) is 15.4. The number of allylic oxidation sites excluding steroid dienone is 4. The van der Waals surface area contributed by atoms with Crippen LogP contribution in [0.5, 0.6) is 11.5 Å². The van der Waals surface area contributed by atoms with Crippen molar-refractivity contribution in [3.05, 3.63) is 57.6 Å². The first-order valence-electron chi connectivity index (χ1n) is 9.08. The molecule has 1 unspecified atom stereocenters. The number of thiazole rings is 1. The second kappa shape index (κ2) is 7.16. The quantitative estimate of drug-likeness (QED) is 0.795. The van der Waals surface area contributed by atoms with Crippen LogP contribution >= 0.6 is 11.3 Å². The lowest BCUT2D eigenvalue weighted by atomic mass is 10.1. The summed E-state index contributed by atoms with van der Waals surface area (Å²) in [5.74, 6) is 1.08. The molecule has 138 valence electrons. The third-order valence-corrected chi connectivity index (χ3v) is 5.85. The Bertz CT molecular complexity index is 997.